The molecule has 4 aromatic heterocycles. The Morgan fingerprint density at radius 1 is 0.975 bits per heavy atom. The molecule has 0 spiro atoms. The molecule has 7 rings (SSSR count). The lowest BCUT2D eigenvalue weighted by atomic mass is 9.95. The van der Waals surface area contributed by atoms with Crippen LogP contribution in [0, 0.1) is 5.41 Å². The second-order valence-corrected chi connectivity index (χ2v) is 10.5. The van der Waals surface area contributed by atoms with Crippen LogP contribution in [-0.2, 0) is 4.79 Å². The number of anilines is 1. The standard InChI is InChI=1S/C28H23N11O/c1-28(2,3)27(40)34-17-7-15(9-29-11-17)16-8-18-22(37-38-24(18)31-10-16)25-35-19-5-4-6-21(23(19)36-25)39-14-30-12-20-26(39)33-13-32-20/h4-14H,1-3H3,(H,34,40)(H,35,36)(H,31,37,38). The van der Waals surface area contributed by atoms with E-state index in [1.54, 1.807) is 31.1 Å². The molecule has 0 fully saturated rings. The summed E-state index contributed by atoms with van der Waals surface area (Å²) in [6.07, 6.45) is 10.0. The van der Waals surface area contributed by atoms with Crippen molar-refractivity contribution in [1.29, 1.82) is 0 Å². The van der Waals surface area contributed by atoms with Gasteiger partial charge in [0, 0.05) is 28.9 Å². The summed E-state index contributed by atoms with van der Waals surface area (Å²) in [7, 11) is 0. The van der Waals surface area contributed by atoms with Crippen LogP contribution in [0.4, 0.5) is 5.69 Å². The van der Waals surface area contributed by atoms with Gasteiger partial charge in [-0.3, -0.25) is 19.4 Å². The third kappa shape index (κ3) is 3.93. The summed E-state index contributed by atoms with van der Waals surface area (Å²) in [4.78, 5) is 42.7. The van der Waals surface area contributed by atoms with Gasteiger partial charge in [-0.05, 0) is 24.3 Å². The zero-order valence-electron chi connectivity index (χ0n) is 21.8. The molecule has 0 saturated heterocycles. The Hall–Kier alpha value is -5.52. The maximum absolute atomic E-state index is 12.5. The summed E-state index contributed by atoms with van der Waals surface area (Å²) in [5.41, 5.74) is 6.10. The second kappa shape index (κ2) is 8.76. The van der Waals surface area contributed by atoms with Gasteiger partial charge in [-0.1, -0.05) is 26.8 Å². The van der Waals surface area contributed by atoms with Crippen molar-refractivity contribution in [1.82, 2.24) is 49.7 Å². The van der Waals surface area contributed by atoms with Crippen molar-refractivity contribution in [2.75, 3.05) is 5.32 Å². The first-order valence-electron chi connectivity index (χ1n) is 12.6. The number of rotatable bonds is 4. The van der Waals surface area contributed by atoms with Gasteiger partial charge in [0.05, 0.1) is 34.7 Å². The minimum Gasteiger partial charge on any atom is -0.337 e. The van der Waals surface area contributed by atoms with Gasteiger partial charge >= 0.3 is 0 Å². The first kappa shape index (κ1) is 23.6. The summed E-state index contributed by atoms with van der Waals surface area (Å²) in [5, 5.41) is 11.2. The second-order valence-electron chi connectivity index (χ2n) is 10.5. The first-order chi connectivity index (χ1) is 19.3. The van der Waals surface area contributed by atoms with E-state index in [9.17, 15) is 4.79 Å². The largest absolute Gasteiger partial charge is 0.337 e. The minimum atomic E-state index is -0.521. The molecule has 3 N–H and O–H groups in total. The Morgan fingerprint density at radius 2 is 1.85 bits per heavy atom. The number of H-pyrrole nitrogens is 2. The van der Waals surface area contributed by atoms with Crippen LogP contribution in [0.2, 0.25) is 0 Å². The summed E-state index contributed by atoms with van der Waals surface area (Å²) in [5.74, 6) is 1.22. The number of amides is 1. The smallest absolute Gasteiger partial charge is 0.229 e. The maximum Gasteiger partial charge on any atom is 0.229 e. The van der Waals surface area contributed by atoms with Crippen molar-refractivity contribution < 1.29 is 4.79 Å². The molecule has 2 aliphatic rings. The Bertz CT molecular complexity index is 2010. The van der Waals surface area contributed by atoms with E-state index in [0.717, 1.165) is 33.2 Å². The zero-order valence-corrected chi connectivity index (χ0v) is 21.8. The van der Waals surface area contributed by atoms with E-state index >= 15 is 0 Å². The molecule has 12 heteroatoms. The number of carbonyl (C=O) groups excluding carboxylic acids is 1. The molecule has 0 aliphatic carbocycles. The fourth-order valence-corrected chi connectivity index (χ4v) is 4.50. The highest BCUT2D eigenvalue weighted by molar-refractivity contribution is 5.96. The number of para-hydroxylation sites is 1. The summed E-state index contributed by atoms with van der Waals surface area (Å²) >= 11 is 0. The predicted octanol–water partition coefficient (Wildman–Crippen LogP) is 4.63. The third-order valence-electron chi connectivity index (χ3n) is 6.62. The van der Waals surface area contributed by atoms with Gasteiger partial charge in [0.15, 0.2) is 17.3 Å². The van der Waals surface area contributed by atoms with Gasteiger partial charge in [0.2, 0.25) is 5.91 Å². The summed E-state index contributed by atoms with van der Waals surface area (Å²) < 4.78 is 1.87. The molecule has 6 heterocycles. The van der Waals surface area contributed by atoms with Crippen LogP contribution < -0.4 is 5.32 Å². The minimum absolute atomic E-state index is 0.0861. The molecule has 0 saturated carbocycles. The highest BCUT2D eigenvalue weighted by Crippen LogP contribution is 2.32. The number of hydrogen-bond acceptors (Lipinski definition) is 8. The summed E-state index contributed by atoms with van der Waals surface area (Å²) in [6.45, 7) is 5.60. The van der Waals surface area contributed by atoms with E-state index in [-0.39, 0.29) is 5.91 Å². The van der Waals surface area contributed by atoms with Gasteiger partial charge in [-0.25, -0.2) is 24.9 Å². The van der Waals surface area contributed by atoms with Crippen molar-refractivity contribution in [2.24, 2.45) is 5.41 Å². The average Bonchev–Trinajstić information content (AvgIpc) is 3.69. The summed E-state index contributed by atoms with van der Waals surface area (Å²) in [6, 6.07) is 9.74. The van der Waals surface area contributed by atoms with Crippen molar-refractivity contribution in [3.63, 3.8) is 0 Å². The van der Waals surface area contributed by atoms with E-state index < -0.39 is 5.41 Å². The fourth-order valence-electron chi connectivity index (χ4n) is 4.50. The predicted molar refractivity (Wildman–Crippen MR) is 150 cm³/mol. The van der Waals surface area contributed by atoms with Crippen LogP contribution in [0.5, 0.6) is 0 Å². The lowest BCUT2D eigenvalue weighted by molar-refractivity contribution is -0.123. The Morgan fingerprint density at radius 3 is 2.73 bits per heavy atom. The molecule has 196 valence electrons. The number of pyridine rings is 2. The number of aromatic nitrogens is 10. The molecule has 0 bridgehead atoms. The van der Waals surface area contributed by atoms with Crippen LogP contribution in [0.15, 0.2) is 67.8 Å². The van der Waals surface area contributed by atoms with E-state index in [1.165, 1.54) is 6.33 Å². The van der Waals surface area contributed by atoms with Crippen molar-refractivity contribution in [3.05, 3.63) is 67.8 Å². The monoisotopic (exact) mass is 529 g/mol. The molecule has 12 nitrogen and oxygen atoms in total. The van der Waals surface area contributed by atoms with Crippen LogP contribution in [-0.4, -0.2) is 55.6 Å². The van der Waals surface area contributed by atoms with Crippen LogP contribution in [0.3, 0.4) is 0 Å². The maximum atomic E-state index is 12.5. The number of aromatic amines is 2. The van der Waals surface area contributed by atoms with Gasteiger partial charge < -0.3 is 10.3 Å². The Labute approximate surface area is 227 Å². The number of fused-ring (bicyclic) bond motifs is 3. The molecule has 0 unspecified atom stereocenters. The van der Waals surface area contributed by atoms with E-state index in [2.05, 4.69) is 45.4 Å². The fraction of sp³-hybridized carbons (Fsp3) is 0.143. The molecular weight excluding hydrogens is 506 g/mol. The lowest BCUT2D eigenvalue weighted by Crippen LogP contribution is -2.27. The van der Waals surface area contributed by atoms with Crippen LogP contribution in [0.25, 0.3) is 61.9 Å². The zero-order chi connectivity index (χ0) is 27.4. The first-order valence-corrected chi connectivity index (χ1v) is 12.6. The molecule has 2 aliphatic heterocycles. The molecule has 5 aromatic rings. The van der Waals surface area contributed by atoms with Crippen molar-refractivity contribution in [3.8, 4) is 39.9 Å². The molecule has 0 atom stereocenters. The molecular formula is C28H23N11O. The highest BCUT2D eigenvalue weighted by Gasteiger charge is 2.22. The topological polar surface area (TPSA) is 156 Å². The number of carbonyl (C=O) groups is 1. The van der Waals surface area contributed by atoms with Crippen LogP contribution in [0.1, 0.15) is 20.8 Å². The lowest BCUT2D eigenvalue weighted by Gasteiger charge is -2.17. The van der Waals surface area contributed by atoms with Gasteiger partial charge in [-0.2, -0.15) is 5.10 Å². The molecule has 0 radical (unpaired) electrons. The van der Waals surface area contributed by atoms with E-state index in [4.69, 9.17) is 4.98 Å². The number of hydrogen-bond donors (Lipinski definition) is 3. The molecule has 1 aromatic carbocycles. The van der Waals surface area contributed by atoms with E-state index in [0.29, 0.717) is 34.4 Å². The third-order valence-corrected chi connectivity index (χ3v) is 6.62. The SMILES string of the molecule is CC(C)(C)C(=O)Nc1cncc(-c2cnc3n[nH]c(-c4nc5c(-n6cncc7ncnc6-7)cccc5[nH]4)c3c2)c1. The average molecular weight is 530 g/mol. The van der Waals surface area contributed by atoms with Crippen molar-refractivity contribution in [2.45, 2.75) is 20.8 Å². The van der Waals surface area contributed by atoms with Crippen LogP contribution >= 0.6 is 0 Å². The van der Waals surface area contributed by atoms with Gasteiger partial charge in [-0.15, -0.1) is 0 Å². The number of nitrogens with zero attached hydrogens (tertiary/aromatic N) is 8. The quantitative estimate of drug-likeness (QED) is 0.298. The number of benzene rings is 1. The molecule has 40 heavy (non-hydrogen) atoms. The highest BCUT2D eigenvalue weighted by atomic mass is 16.2. The number of nitrogens with one attached hydrogen (secondary N) is 3. The normalized spacial score (nSPS) is 12.0. The molecule has 1 amide bonds. The Kier molecular flexibility index (Phi) is 5.17. The van der Waals surface area contributed by atoms with E-state index in [1.807, 2.05) is 55.7 Å². The number of imidazole rings is 2. The van der Waals surface area contributed by atoms with Gasteiger partial charge in [0.1, 0.15) is 29.6 Å². The van der Waals surface area contributed by atoms with Gasteiger partial charge in [0.25, 0.3) is 0 Å². The van der Waals surface area contributed by atoms with Crippen molar-refractivity contribution >= 4 is 33.7 Å². The Balaban J connectivity index is 1.29.